The quantitative estimate of drug-likeness (QED) is 0.441. The molecule has 9 heteroatoms. The van der Waals surface area contributed by atoms with Gasteiger partial charge in [-0.15, -0.1) is 0 Å². The lowest BCUT2D eigenvalue weighted by molar-refractivity contribution is -0.686. The predicted octanol–water partition coefficient (Wildman–Crippen LogP) is 1.05. The molecule has 0 bridgehead atoms. The standard InChI is InChI=1S/C21H29N5O4/c1-5-24(6-2)16(27)10-7-14-11-22-26-19(14)25(12-13(3)4)20(29)17(21(26)30)18(28)23-15-8-9-15/h7,10-11,13,15H,5-6,8-9,12H2,1-4H3,(H2,23,28,29,30)/p+1/b10-7+. The second-order valence-corrected chi connectivity index (χ2v) is 7.99. The number of aromatic nitrogens is 3. The van der Waals surface area contributed by atoms with Gasteiger partial charge < -0.3 is 15.3 Å². The number of carbonyl (C=O) groups is 2. The lowest BCUT2D eigenvalue weighted by Crippen LogP contribution is -2.46. The summed E-state index contributed by atoms with van der Waals surface area (Å²) in [5.74, 6) is -0.932. The van der Waals surface area contributed by atoms with Gasteiger partial charge in [-0.2, -0.15) is 4.57 Å². The number of fused-ring (bicyclic) bond motifs is 1. The zero-order valence-electron chi connectivity index (χ0n) is 17.9. The molecular weight excluding hydrogens is 386 g/mol. The Morgan fingerprint density at radius 1 is 1.37 bits per heavy atom. The lowest BCUT2D eigenvalue weighted by Gasteiger charge is -2.15. The van der Waals surface area contributed by atoms with Crippen LogP contribution in [0.4, 0.5) is 0 Å². The van der Waals surface area contributed by atoms with E-state index in [0.717, 1.165) is 12.8 Å². The Balaban J connectivity index is 2.12. The van der Waals surface area contributed by atoms with Gasteiger partial charge in [0.15, 0.2) is 0 Å². The highest BCUT2D eigenvalue weighted by Gasteiger charge is 2.34. The average Bonchev–Trinajstić information content (AvgIpc) is 3.40. The van der Waals surface area contributed by atoms with E-state index >= 15 is 0 Å². The Kier molecular flexibility index (Phi) is 6.28. The fourth-order valence-corrected chi connectivity index (χ4v) is 3.41. The Labute approximate surface area is 175 Å². The van der Waals surface area contributed by atoms with Gasteiger partial charge in [0.2, 0.25) is 11.5 Å². The van der Waals surface area contributed by atoms with E-state index in [4.69, 9.17) is 0 Å². The van der Waals surface area contributed by atoms with Crippen LogP contribution in [0.1, 0.15) is 56.5 Å². The number of hydrogen-bond acceptors (Lipinski definition) is 4. The summed E-state index contributed by atoms with van der Waals surface area (Å²) in [7, 11) is 0. The molecule has 2 heterocycles. The van der Waals surface area contributed by atoms with Gasteiger partial charge in [0.1, 0.15) is 0 Å². The number of likely N-dealkylation sites (N-methyl/N-ethyl adjacent to an activating group) is 1. The van der Waals surface area contributed by atoms with Crippen LogP contribution in [-0.2, 0) is 11.3 Å². The number of aromatic amines is 1. The Hall–Kier alpha value is -3.10. The number of nitrogens with one attached hydrogen (secondary N) is 2. The molecule has 3 N–H and O–H groups in total. The fraction of sp³-hybridized carbons (Fsp3) is 0.524. The number of carbonyl (C=O) groups excluding carboxylic acids is 2. The van der Waals surface area contributed by atoms with Gasteiger partial charge in [0.25, 0.3) is 5.91 Å². The van der Waals surface area contributed by atoms with Crippen molar-refractivity contribution in [2.24, 2.45) is 5.92 Å². The largest absolute Gasteiger partial charge is 0.477 e. The molecule has 1 aliphatic rings. The summed E-state index contributed by atoms with van der Waals surface area (Å²) in [5.41, 5.74) is 0.0579. The van der Waals surface area contributed by atoms with Crippen molar-refractivity contribution in [3.05, 3.63) is 33.8 Å². The molecule has 0 spiro atoms. The average molecular weight is 417 g/mol. The third kappa shape index (κ3) is 4.24. The molecule has 0 aliphatic heterocycles. The Morgan fingerprint density at radius 3 is 2.60 bits per heavy atom. The molecule has 2 aromatic rings. The third-order valence-corrected chi connectivity index (χ3v) is 5.14. The molecule has 162 valence electrons. The number of amides is 2. The van der Waals surface area contributed by atoms with Crippen LogP contribution in [0.5, 0.6) is 5.88 Å². The summed E-state index contributed by atoms with van der Waals surface area (Å²) in [6, 6.07) is 0.0590. The topological polar surface area (TPSA) is 111 Å². The number of H-pyrrole nitrogens is 1. The van der Waals surface area contributed by atoms with E-state index in [1.165, 1.54) is 10.6 Å². The first-order valence-electron chi connectivity index (χ1n) is 10.4. The molecule has 0 radical (unpaired) electrons. The highest BCUT2D eigenvalue weighted by Crippen LogP contribution is 2.21. The number of aromatic hydroxyl groups is 1. The van der Waals surface area contributed by atoms with Crippen LogP contribution in [0.25, 0.3) is 11.7 Å². The molecule has 0 atom stereocenters. The van der Waals surface area contributed by atoms with Crippen LogP contribution < -0.4 is 15.4 Å². The minimum atomic E-state index is -0.629. The summed E-state index contributed by atoms with van der Waals surface area (Å²) in [5, 5.41) is 16.5. The van der Waals surface area contributed by atoms with Crippen molar-refractivity contribution in [2.45, 2.75) is 53.1 Å². The highest BCUT2D eigenvalue weighted by molar-refractivity contribution is 5.96. The van der Waals surface area contributed by atoms with Gasteiger partial charge in [-0.05, 0) is 38.7 Å². The van der Waals surface area contributed by atoms with Gasteiger partial charge in [0.05, 0.1) is 18.3 Å². The Morgan fingerprint density at radius 2 is 2.03 bits per heavy atom. The van der Waals surface area contributed by atoms with Gasteiger partial charge in [-0.3, -0.25) is 9.59 Å². The fourth-order valence-electron chi connectivity index (χ4n) is 3.41. The smallest absolute Gasteiger partial charge is 0.378 e. The molecule has 0 aromatic carbocycles. The van der Waals surface area contributed by atoms with E-state index in [9.17, 15) is 19.5 Å². The second kappa shape index (κ2) is 8.73. The summed E-state index contributed by atoms with van der Waals surface area (Å²) in [4.78, 5) is 39.6. The van der Waals surface area contributed by atoms with Crippen molar-refractivity contribution < 1.29 is 19.3 Å². The third-order valence-electron chi connectivity index (χ3n) is 5.14. The van der Waals surface area contributed by atoms with Gasteiger partial charge >= 0.3 is 17.1 Å². The first-order chi connectivity index (χ1) is 14.3. The van der Waals surface area contributed by atoms with Crippen LogP contribution in [0.15, 0.2) is 17.1 Å². The molecule has 1 fully saturated rings. The van der Waals surface area contributed by atoms with Crippen LogP contribution in [0.2, 0.25) is 0 Å². The molecule has 3 rings (SSSR count). The summed E-state index contributed by atoms with van der Waals surface area (Å²) in [6.07, 6.45) is 6.40. The van der Waals surface area contributed by atoms with E-state index in [1.807, 2.05) is 27.7 Å². The first kappa shape index (κ1) is 21.6. The molecule has 2 amide bonds. The maximum atomic E-state index is 13.0. The molecule has 0 saturated heterocycles. The van der Waals surface area contributed by atoms with Crippen molar-refractivity contribution in [1.82, 2.24) is 19.8 Å². The molecule has 2 aromatic heterocycles. The summed E-state index contributed by atoms with van der Waals surface area (Å²) < 4.78 is 2.79. The SMILES string of the molecule is CCN(CC)C(=O)/C=C/c1c[nH]n2c(=O)c(C(=O)NC3CC3)c(O)[n+](CC(C)C)c12. The van der Waals surface area contributed by atoms with E-state index < -0.39 is 11.5 Å². The van der Waals surface area contributed by atoms with Crippen LogP contribution >= 0.6 is 0 Å². The maximum absolute atomic E-state index is 13.0. The van der Waals surface area contributed by atoms with Crippen molar-refractivity contribution in [1.29, 1.82) is 0 Å². The summed E-state index contributed by atoms with van der Waals surface area (Å²) >= 11 is 0. The van der Waals surface area contributed by atoms with Gasteiger partial charge in [-0.1, -0.05) is 18.4 Å². The normalized spacial score (nSPS) is 14.0. The minimum absolute atomic E-state index is 0.0590. The van der Waals surface area contributed by atoms with Crippen molar-refractivity contribution >= 4 is 23.5 Å². The van der Waals surface area contributed by atoms with Crippen LogP contribution in [0, 0.1) is 5.92 Å². The van der Waals surface area contributed by atoms with Crippen molar-refractivity contribution in [2.75, 3.05) is 13.1 Å². The first-order valence-corrected chi connectivity index (χ1v) is 10.4. The molecule has 9 nitrogen and oxygen atoms in total. The zero-order valence-corrected chi connectivity index (χ0v) is 17.9. The van der Waals surface area contributed by atoms with E-state index in [2.05, 4.69) is 10.4 Å². The van der Waals surface area contributed by atoms with Gasteiger partial charge in [0, 0.05) is 25.2 Å². The lowest BCUT2D eigenvalue weighted by atomic mass is 10.2. The zero-order chi connectivity index (χ0) is 22.0. The highest BCUT2D eigenvalue weighted by atomic mass is 16.3. The second-order valence-electron chi connectivity index (χ2n) is 7.99. The van der Waals surface area contributed by atoms with Crippen molar-refractivity contribution in [3.63, 3.8) is 0 Å². The Bertz CT molecular complexity index is 1040. The molecule has 30 heavy (non-hydrogen) atoms. The number of rotatable bonds is 8. The number of hydrogen-bond donors (Lipinski definition) is 3. The van der Waals surface area contributed by atoms with E-state index in [0.29, 0.717) is 30.8 Å². The molecular formula is C21H30N5O4+. The minimum Gasteiger partial charge on any atom is -0.477 e. The van der Waals surface area contributed by atoms with Crippen LogP contribution in [-0.4, -0.2) is 50.6 Å². The molecule has 0 unspecified atom stereocenters. The maximum Gasteiger partial charge on any atom is 0.378 e. The van der Waals surface area contributed by atoms with E-state index in [1.54, 1.807) is 21.7 Å². The van der Waals surface area contributed by atoms with Crippen LogP contribution in [0.3, 0.4) is 0 Å². The molecule has 1 aliphatic carbocycles. The van der Waals surface area contributed by atoms with Crippen molar-refractivity contribution in [3.8, 4) is 5.88 Å². The summed E-state index contributed by atoms with van der Waals surface area (Å²) in [6.45, 7) is 9.35. The molecule has 1 saturated carbocycles. The monoisotopic (exact) mass is 416 g/mol. The number of nitrogens with zero attached hydrogens (tertiary/aromatic N) is 3. The van der Waals surface area contributed by atoms with E-state index in [-0.39, 0.29) is 29.3 Å². The predicted molar refractivity (Wildman–Crippen MR) is 112 cm³/mol. The van der Waals surface area contributed by atoms with Gasteiger partial charge in [-0.25, -0.2) is 9.89 Å².